The minimum atomic E-state index is -0.612. The average molecular weight is 227 g/mol. The Bertz CT molecular complexity index is 237. The van der Waals surface area contributed by atoms with Gasteiger partial charge in [-0.05, 0) is 13.1 Å². The number of nitrogens with one attached hydrogen (secondary N) is 2. The van der Waals surface area contributed by atoms with E-state index in [4.69, 9.17) is 0 Å². The van der Waals surface area contributed by atoms with E-state index in [2.05, 4.69) is 36.0 Å². The van der Waals surface area contributed by atoms with Crippen molar-refractivity contribution in [3.63, 3.8) is 0 Å². The maximum atomic E-state index is 11.2. The molecule has 0 unspecified atom stereocenters. The van der Waals surface area contributed by atoms with Gasteiger partial charge in [0.15, 0.2) is 0 Å². The second-order valence-corrected chi connectivity index (χ2v) is 3.28. The summed E-state index contributed by atoms with van der Waals surface area (Å²) >= 11 is 0. The molecule has 2 amide bonds. The van der Waals surface area contributed by atoms with Gasteiger partial charge in [0.2, 0.25) is 0 Å². The number of rotatable bonds is 7. The highest BCUT2D eigenvalue weighted by Crippen LogP contribution is 1.84. The zero-order chi connectivity index (χ0) is 12.4. The van der Waals surface area contributed by atoms with Crippen LogP contribution in [0, 0.1) is 0 Å². The van der Waals surface area contributed by atoms with Crippen LogP contribution in [-0.4, -0.2) is 49.4 Å². The third kappa shape index (κ3) is 6.19. The number of hydrogen-bond donors (Lipinski definition) is 2. The van der Waals surface area contributed by atoms with E-state index >= 15 is 0 Å². The van der Waals surface area contributed by atoms with Crippen LogP contribution in [0.5, 0.6) is 0 Å². The van der Waals surface area contributed by atoms with E-state index in [1.807, 2.05) is 0 Å². The second kappa shape index (κ2) is 8.91. The lowest BCUT2D eigenvalue weighted by atomic mass is 10.4. The van der Waals surface area contributed by atoms with Gasteiger partial charge in [-0.1, -0.05) is 19.9 Å². The predicted molar refractivity (Wildman–Crippen MR) is 64.0 cm³/mol. The minimum absolute atomic E-state index is 0.308. The first kappa shape index (κ1) is 14.6. The third-order valence-electron chi connectivity index (χ3n) is 2.22. The first-order valence-corrected chi connectivity index (χ1v) is 5.54. The number of likely N-dealkylation sites (N-methyl/N-ethyl adjacent to an activating group) is 1. The van der Waals surface area contributed by atoms with Gasteiger partial charge in [-0.25, -0.2) is 0 Å². The molecule has 0 aromatic heterocycles. The maximum absolute atomic E-state index is 11.2. The van der Waals surface area contributed by atoms with Crippen LogP contribution >= 0.6 is 0 Å². The summed E-state index contributed by atoms with van der Waals surface area (Å²) in [5.41, 5.74) is 0. The van der Waals surface area contributed by atoms with Crippen LogP contribution in [-0.2, 0) is 9.59 Å². The summed E-state index contributed by atoms with van der Waals surface area (Å²) < 4.78 is 0. The SMILES string of the molecule is C=CCNC(=O)C(=O)NCCN(CC)CC. The average Bonchev–Trinajstić information content (AvgIpc) is 2.31. The van der Waals surface area contributed by atoms with Crippen molar-refractivity contribution in [3.05, 3.63) is 12.7 Å². The van der Waals surface area contributed by atoms with Crippen LogP contribution in [0.4, 0.5) is 0 Å². The summed E-state index contributed by atoms with van der Waals surface area (Å²) in [7, 11) is 0. The zero-order valence-corrected chi connectivity index (χ0v) is 10.1. The summed E-state index contributed by atoms with van der Waals surface area (Å²) in [5.74, 6) is -1.20. The van der Waals surface area contributed by atoms with Gasteiger partial charge in [0.1, 0.15) is 0 Å². The fraction of sp³-hybridized carbons (Fsp3) is 0.636. The molecule has 0 atom stereocenters. The molecular weight excluding hydrogens is 206 g/mol. The molecule has 0 aliphatic heterocycles. The van der Waals surface area contributed by atoms with Gasteiger partial charge in [-0.2, -0.15) is 0 Å². The van der Waals surface area contributed by atoms with Gasteiger partial charge in [0.05, 0.1) is 0 Å². The minimum Gasteiger partial charge on any atom is -0.347 e. The Hall–Kier alpha value is -1.36. The zero-order valence-electron chi connectivity index (χ0n) is 10.1. The second-order valence-electron chi connectivity index (χ2n) is 3.28. The van der Waals surface area contributed by atoms with E-state index in [1.165, 1.54) is 6.08 Å². The lowest BCUT2D eigenvalue weighted by Crippen LogP contribution is -2.42. The molecule has 0 aliphatic rings. The molecule has 0 radical (unpaired) electrons. The summed E-state index contributed by atoms with van der Waals surface area (Å²) in [5, 5.41) is 4.98. The number of nitrogens with zero attached hydrogens (tertiary/aromatic N) is 1. The van der Waals surface area contributed by atoms with Crippen LogP contribution in [0.25, 0.3) is 0 Å². The van der Waals surface area contributed by atoms with Gasteiger partial charge in [0, 0.05) is 19.6 Å². The number of amides is 2. The van der Waals surface area contributed by atoms with Crippen molar-refractivity contribution in [2.45, 2.75) is 13.8 Å². The van der Waals surface area contributed by atoms with E-state index in [0.29, 0.717) is 13.1 Å². The van der Waals surface area contributed by atoms with Crippen molar-refractivity contribution in [1.29, 1.82) is 0 Å². The molecule has 0 heterocycles. The summed E-state index contributed by atoms with van der Waals surface area (Å²) in [6, 6.07) is 0. The molecule has 16 heavy (non-hydrogen) atoms. The van der Waals surface area contributed by atoms with Crippen molar-refractivity contribution in [2.75, 3.05) is 32.7 Å². The fourth-order valence-electron chi connectivity index (χ4n) is 1.19. The monoisotopic (exact) mass is 227 g/mol. The Labute approximate surface area is 96.9 Å². The molecule has 0 aromatic rings. The highest BCUT2D eigenvalue weighted by atomic mass is 16.2. The molecule has 0 spiro atoms. The number of carbonyl (C=O) groups is 2. The van der Waals surface area contributed by atoms with E-state index < -0.39 is 11.8 Å². The highest BCUT2D eigenvalue weighted by Gasteiger charge is 2.11. The Kier molecular flexibility index (Phi) is 8.15. The van der Waals surface area contributed by atoms with Gasteiger partial charge >= 0.3 is 11.8 Å². The Morgan fingerprint density at radius 3 is 2.25 bits per heavy atom. The Morgan fingerprint density at radius 1 is 1.19 bits per heavy atom. The van der Waals surface area contributed by atoms with Crippen molar-refractivity contribution in [3.8, 4) is 0 Å². The maximum Gasteiger partial charge on any atom is 0.309 e. The summed E-state index contributed by atoms with van der Waals surface area (Å²) in [6.45, 7) is 11.0. The fourth-order valence-corrected chi connectivity index (χ4v) is 1.19. The molecule has 5 heteroatoms. The summed E-state index contributed by atoms with van der Waals surface area (Å²) in [4.78, 5) is 24.5. The molecule has 0 rings (SSSR count). The summed E-state index contributed by atoms with van der Waals surface area (Å²) in [6.07, 6.45) is 1.53. The largest absolute Gasteiger partial charge is 0.347 e. The van der Waals surface area contributed by atoms with Gasteiger partial charge in [0.25, 0.3) is 0 Å². The standard InChI is InChI=1S/C11H21N3O2/c1-4-7-12-10(15)11(16)13-8-9-14(5-2)6-3/h4H,1,5-9H2,2-3H3,(H,12,15)(H,13,16). The van der Waals surface area contributed by atoms with Crippen LogP contribution in [0.2, 0.25) is 0 Å². The van der Waals surface area contributed by atoms with Gasteiger partial charge in [-0.15, -0.1) is 6.58 Å². The molecule has 0 fully saturated rings. The van der Waals surface area contributed by atoms with Crippen LogP contribution < -0.4 is 10.6 Å². The van der Waals surface area contributed by atoms with Crippen LogP contribution in [0.3, 0.4) is 0 Å². The lowest BCUT2D eigenvalue weighted by Gasteiger charge is -2.17. The first-order chi connectivity index (χ1) is 7.65. The molecule has 0 bridgehead atoms. The molecule has 0 saturated heterocycles. The number of hydrogen-bond acceptors (Lipinski definition) is 3. The van der Waals surface area contributed by atoms with E-state index in [-0.39, 0.29) is 0 Å². The van der Waals surface area contributed by atoms with Crippen molar-refractivity contribution in [1.82, 2.24) is 15.5 Å². The van der Waals surface area contributed by atoms with Crippen LogP contribution in [0.15, 0.2) is 12.7 Å². The molecule has 0 aliphatic carbocycles. The molecule has 92 valence electrons. The molecule has 5 nitrogen and oxygen atoms in total. The van der Waals surface area contributed by atoms with E-state index in [9.17, 15) is 9.59 Å². The molecule has 0 aromatic carbocycles. The van der Waals surface area contributed by atoms with Crippen molar-refractivity contribution >= 4 is 11.8 Å². The molecule has 0 saturated carbocycles. The third-order valence-corrected chi connectivity index (χ3v) is 2.22. The Balaban J connectivity index is 3.71. The van der Waals surface area contributed by atoms with E-state index in [0.717, 1.165) is 19.6 Å². The van der Waals surface area contributed by atoms with Crippen LogP contribution in [0.1, 0.15) is 13.8 Å². The van der Waals surface area contributed by atoms with Crippen molar-refractivity contribution in [2.24, 2.45) is 0 Å². The highest BCUT2D eigenvalue weighted by molar-refractivity contribution is 6.35. The molecular formula is C11H21N3O2. The first-order valence-electron chi connectivity index (χ1n) is 5.54. The quantitative estimate of drug-likeness (QED) is 0.465. The normalized spacial score (nSPS) is 9.94. The molecule has 2 N–H and O–H groups in total. The lowest BCUT2D eigenvalue weighted by molar-refractivity contribution is -0.139. The number of carbonyl (C=O) groups excluding carboxylic acids is 2. The van der Waals surface area contributed by atoms with E-state index in [1.54, 1.807) is 0 Å². The Morgan fingerprint density at radius 2 is 1.75 bits per heavy atom. The predicted octanol–water partition coefficient (Wildman–Crippen LogP) is -0.253. The topological polar surface area (TPSA) is 61.4 Å². The van der Waals surface area contributed by atoms with Crippen molar-refractivity contribution < 1.29 is 9.59 Å². The van der Waals surface area contributed by atoms with Gasteiger partial charge < -0.3 is 15.5 Å². The van der Waals surface area contributed by atoms with Gasteiger partial charge in [-0.3, -0.25) is 9.59 Å². The smallest absolute Gasteiger partial charge is 0.309 e.